The van der Waals surface area contributed by atoms with Crippen molar-refractivity contribution in [2.75, 3.05) is 12.3 Å². The van der Waals surface area contributed by atoms with Crippen molar-refractivity contribution in [3.8, 4) is 0 Å². The molecule has 1 amide bonds. The van der Waals surface area contributed by atoms with Crippen molar-refractivity contribution in [2.45, 2.75) is 42.9 Å². The molecule has 1 aliphatic carbocycles. The summed E-state index contributed by atoms with van der Waals surface area (Å²) in [5.74, 6) is 0.152. The third-order valence-corrected chi connectivity index (χ3v) is 5.43. The Balaban J connectivity index is 1.41. The number of aromatic nitrogens is 4. The van der Waals surface area contributed by atoms with Gasteiger partial charge in [0.15, 0.2) is 0 Å². The molecule has 0 bridgehead atoms. The van der Waals surface area contributed by atoms with E-state index in [9.17, 15) is 9.18 Å². The summed E-state index contributed by atoms with van der Waals surface area (Å²) in [5, 5.41) is 12.4. The van der Waals surface area contributed by atoms with Crippen molar-refractivity contribution in [1.82, 2.24) is 25.1 Å². The van der Waals surface area contributed by atoms with Crippen LogP contribution in [0.5, 0.6) is 0 Å². The minimum absolute atomic E-state index is 0.0399. The van der Waals surface area contributed by atoms with Gasteiger partial charge in [0.25, 0.3) is 0 Å². The Morgan fingerprint density at radius 1 is 1.25 bits per heavy atom. The summed E-state index contributed by atoms with van der Waals surface area (Å²) in [5.41, 5.74) is 0.995. The number of rotatable bonds is 5. The van der Waals surface area contributed by atoms with Crippen LogP contribution in [0, 0.1) is 5.82 Å². The van der Waals surface area contributed by atoms with Crippen LogP contribution in [0.15, 0.2) is 29.4 Å². The van der Waals surface area contributed by atoms with E-state index in [1.54, 1.807) is 12.1 Å². The second-order valence-electron chi connectivity index (χ2n) is 6.22. The van der Waals surface area contributed by atoms with Crippen LogP contribution < -0.4 is 0 Å². The lowest BCUT2D eigenvalue weighted by Gasteiger charge is -2.25. The molecule has 2 fully saturated rings. The lowest BCUT2D eigenvalue weighted by atomic mass is 10.0. The van der Waals surface area contributed by atoms with Crippen molar-refractivity contribution in [1.29, 1.82) is 0 Å². The molecule has 1 aromatic heterocycles. The molecule has 2 heterocycles. The van der Waals surface area contributed by atoms with Gasteiger partial charge in [-0.05, 0) is 53.8 Å². The number of tetrazole rings is 1. The van der Waals surface area contributed by atoms with E-state index in [2.05, 4.69) is 15.5 Å². The highest BCUT2D eigenvalue weighted by atomic mass is 32.2. The van der Waals surface area contributed by atoms with Gasteiger partial charge in [-0.15, -0.1) is 5.10 Å². The second kappa shape index (κ2) is 6.51. The largest absolute Gasteiger partial charge is 0.335 e. The van der Waals surface area contributed by atoms with Gasteiger partial charge in [0, 0.05) is 6.54 Å². The predicted molar refractivity (Wildman–Crippen MR) is 86.9 cm³/mol. The lowest BCUT2D eigenvalue weighted by molar-refractivity contribution is -0.129. The Morgan fingerprint density at radius 2 is 2.04 bits per heavy atom. The number of likely N-dealkylation sites (tertiary alicyclic amines) is 1. The number of hydrogen-bond donors (Lipinski definition) is 0. The maximum Gasteiger partial charge on any atom is 0.233 e. The van der Waals surface area contributed by atoms with Gasteiger partial charge < -0.3 is 4.90 Å². The van der Waals surface area contributed by atoms with E-state index in [1.807, 2.05) is 9.58 Å². The molecule has 0 spiro atoms. The van der Waals surface area contributed by atoms with Crippen LogP contribution in [0.4, 0.5) is 4.39 Å². The first-order valence-corrected chi connectivity index (χ1v) is 9.16. The predicted octanol–water partition coefficient (Wildman–Crippen LogP) is 2.60. The Hall–Kier alpha value is -1.96. The summed E-state index contributed by atoms with van der Waals surface area (Å²) >= 11 is 1.39. The SMILES string of the molecule is O=C(CSc1nnnn1C1CC1)N1CCCC1c1ccc(F)cc1. The van der Waals surface area contributed by atoms with E-state index in [4.69, 9.17) is 0 Å². The van der Waals surface area contributed by atoms with Crippen molar-refractivity contribution >= 4 is 17.7 Å². The zero-order valence-corrected chi connectivity index (χ0v) is 14.0. The number of hydrogen-bond acceptors (Lipinski definition) is 5. The number of nitrogens with zero attached hydrogens (tertiary/aromatic N) is 5. The number of thioether (sulfide) groups is 1. The minimum atomic E-state index is -0.253. The lowest BCUT2D eigenvalue weighted by Crippen LogP contribution is -2.32. The van der Waals surface area contributed by atoms with E-state index in [-0.39, 0.29) is 17.8 Å². The molecule has 4 rings (SSSR count). The third kappa shape index (κ3) is 3.15. The van der Waals surface area contributed by atoms with E-state index in [0.717, 1.165) is 37.8 Å². The van der Waals surface area contributed by atoms with Gasteiger partial charge in [-0.3, -0.25) is 4.79 Å². The molecule has 2 aromatic rings. The van der Waals surface area contributed by atoms with E-state index < -0.39 is 0 Å². The van der Waals surface area contributed by atoms with Crippen LogP contribution in [0.3, 0.4) is 0 Å². The number of amides is 1. The molecule has 1 unspecified atom stereocenters. The number of benzene rings is 1. The van der Waals surface area contributed by atoms with Gasteiger partial charge in [0.1, 0.15) is 5.82 Å². The molecular formula is C16H18FN5OS. The van der Waals surface area contributed by atoms with Crippen molar-refractivity contribution in [2.24, 2.45) is 0 Å². The Kier molecular flexibility index (Phi) is 4.22. The Labute approximate surface area is 143 Å². The fourth-order valence-electron chi connectivity index (χ4n) is 3.13. The topological polar surface area (TPSA) is 63.9 Å². The molecule has 1 aromatic carbocycles. The maximum absolute atomic E-state index is 13.1. The van der Waals surface area contributed by atoms with Gasteiger partial charge in [0.2, 0.25) is 11.1 Å². The highest BCUT2D eigenvalue weighted by Gasteiger charge is 2.31. The maximum atomic E-state index is 13.1. The Morgan fingerprint density at radius 3 is 2.79 bits per heavy atom. The van der Waals surface area contributed by atoms with E-state index in [1.165, 1.54) is 23.9 Å². The van der Waals surface area contributed by atoms with Gasteiger partial charge in [-0.25, -0.2) is 9.07 Å². The molecule has 6 nitrogen and oxygen atoms in total. The monoisotopic (exact) mass is 347 g/mol. The summed E-state index contributed by atoms with van der Waals surface area (Å²) in [6, 6.07) is 6.89. The van der Waals surface area contributed by atoms with Crippen LogP contribution in [-0.2, 0) is 4.79 Å². The van der Waals surface area contributed by atoms with Crippen LogP contribution in [0.2, 0.25) is 0 Å². The van der Waals surface area contributed by atoms with Crippen LogP contribution in [0.1, 0.15) is 43.3 Å². The third-order valence-electron chi connectivity index (χ3n) is 4.51. The molecule has 1 aliphatic heterocycles. The molecule has 126 valence electrons. The standard InChI is InChI=1S/C16H18FN5OS/c17-12-5-3-11(4-6-12)14-2-1-9-21(14)15(23)10-24-16-18-19-20-22(16)13-7-8-13/h3-6,13-14H,1-2,7-10H2. The smallest absolute Gasteiger partial charge is 0.233 e. The van der Waals surface area contributed by atoms with Crippen LogP contribution in [-0.4, -0.2) is 43.3 Å². The van der Waals surface area contributed by atoms with Gasteiger partial charge in [0.05, 0.1) is 17.8 Å². The number of carbonyl (C=O) groups excluding carboxylic acids is 1. The molecule has 1 atom stereocenters. The molecule has 0 N–H and O–H groups in total. The fraction of sp³-hybridized carbons (Fsp3) is 0.500. The molecule has 1 saturated heterocycles. The zero-order valence-electron chi connectivity index (χ0n) is 13.1. The molecule has 24 heavy (non-hydrogen) atoms. The highest BCUT2D eigenvalue weighted by molar-refractivity contribution is 7.99. The first-order chi connectivity index (χ1) is 11.7. The Bertz CT molecular complexity index is 730. The van der Waals surface area contributed by atoms with Crippen molar-refractivity contribution in [3.63, 3.8) is 0 Å². The molecule has 1 saturated carbocycles. The summed E-state index contributed by atoms with van der Waals surface area (Å²) < 4.78 is 14.9. The van der Waals surface area contributed by atoms with Crippen LogP contribution in [0.25, 0.3) is 0 Å². The van der Waals surface area contributed by atoms with Gasteiger partial charge in [-0.2, -0.15) is 0 Å². The molecule has 0 radical (unpaired) electrons. The molecular weight excluding hydrogens is 329 g/mol. The number of halogens is 1. The second-order valence-corrected chi connectivity index (χ2v) is 7.17. The normalized spacial score (nSPS) is 20.5. The van der Waals surface area contributed by atoms with Crippen molar-refractivity contribution in [3.05, 3.63) is 35.6 Å². The van der Waals surface area contributed by atoms with E-state index in [0.29, 0.717) is 17.0 Å². The first-order valence-electron chi connectivity index (χ1n) is 8.18. The van der Waals surface area contributed by atoms with Gasteiger partial charge >= 0.3 is 0 Å². The fourth-order valence-corrected chi connectivity index (χ4v) is 3.97. The van der Waals surface area contributed by atoms with Crippen molar-refractivity contribution < 1.29 is 9.18 Å². The first kappa shape index (κ1) is 15.6. The van der Waals surface area contributed by atoms with E-state index >= 15 is 0 Å². The summed E-state index contributed by atoms with van der Waals surface area (Å²) in [6.07, 6.45) is 4.09. The highest BCUT2D eigenvalue weighted by Crippen LogP contribution is 2.37. The zero-order chi connectivity index (χ0) is 16.5. The van der Waals surface area contributed by atoms with Crippen LogP contribution >= 0.6 is 11.8 Å². The quantitative estimate of drug-likeness (QED) is 0.778. The molecule has 2 aliphatic rings. The van der Waals surface area contributed by atoms with Gasteiger partial charge in [-0.1, -0.05) is 23.9 Å². The minimum Gasteiger partial charge on any atom is -0.335 e. The molecule has 8 heteroatoms. The summed E-state index contributed by atoms with van der Waals surface area (Å²) in [4.78, 5) is 14.5. The average molecular weight is 347 g/mol. The summed E-state index contributed by atoms with van der Waals surface area (Å²) in [7, 11) is 0. The summed E-state index contributed by atoms with van der Waals surface area (Å²) in [6.45, 7) is 0.745. The average Bonchev–Trinajstić information content (AvgIpc) is 3.12. The number of carbonyl (C=O) groups is 1.